The van der Waals surface area contributed by atoms with Gasteiger partial charge in [-0.25, -0.2) is 4.57 Å². The Bertz CT molecular complexity index is 1010. The smallest absolute Gasteiger partial charge is 0.462 e. The molecule has 0 bridgehead atoms. The molecule has 348 valence electrons. The fourth-order valence-electron chi connectivity index (χ4n) is 7.27. The number of phosphoric ester groups is 1. The molecule has 9 nitrogen and oxygen atoms in total. The molecule has 0 radical (unpaired) electrons. The van der Waals surface area contributed by atoms with E-state index in [1.54, 1.807) is 0 Å². The summed E-state index contributed by atoms with van der Waals surface area (Å²) >= 11 is 0. The second-order valence-electron chi connectivity index (χ2n) is 16.8. The Hall–Kier alpha value is -1.51. The SMILES string of the molecule is C=CCCCCCCCCCCCCCCCC(=O)O[C@@H](COC(=O)CCC/C=C/CCCCCCCCCCCCCCCCCCCC)COP(=O)(O)OCCN. The van der Waals surface area contributed by atoms with Crippen LogP contribution in [0.3, 0.4) is 0 Å². The van der Waals surface area contributed by atoms with Crippen molar-refractivity contribution in [1.82, 2.24) is 0 Å². The minimum Gasteiger partial charge on any atom is -0.462 e. The fourth-order valence-corrected chi connectivity index (χ4v) is 8.03. The van der Waals surface area contributed by atoms with Crippen molar-refractivity contribution in [3.8, 4) is 0 Å². The van der Waals surface area contributed by atoms with Crippen LogP contribution in [0.4, 0.5) is 0 Å². The Morgan fingerprint density at radius 1 is 0.542 bits per heavy atom. The van der Waals surface area contributed by atoms with Gasteiger partial charge in [0.2, 0.25) is 0 Å². The number of ether oxygens (including phenoxy) is 2. The largest absolute Gasteiger partial charge is 0.472 e. The third-order valence-electron chi connectivity index (χ3n) is 11.0. The summed E-state index contributed by atoms with van der Waals surface area (Å²) in [6.07, 6.45) is 49.8. The highest BCUT2D eigenvalue weighted by Gasteiger charge is 2.26. The predicted molar refractivity (Wildman–Crippen MR) is 247 cm³/mol. The van der Waals surface area contributed by atoms with E-state index in [9.17, 15) is 19.0 Å². The van der Waals surface area contributed by atoms with Crippen LogP contribution >= 0.6 is 7.82 Å². The van der Waals surface area contributed by atoms with E-state index in [4.69, 9.17) is 24.3 Å². The van der Waals surface area contributed by atoms with E-state index in [-0.39, 0.29) is 32.6 Å². The summed E-state index contributed by atoms with van der Waals surface area (Å²) in [4.78, 5) is 35.0. The molecular formula is C49H94NO8P. The Labute approximate surface area is 363 Å². The average Bonchev–Trinajstić information content (AvgIpc) is 3.22. The Morgan fingerprint density at radius 2 is 0.932 bits per heavy atom. The first kappa shape index (κ1) is 57.5. The molecule has 1 unspecified atom stereocenters. The van der Waals surface area contributed by atoms with E-state index >= 15 is 0 Å². The number of allylic oxidation sites excluding steroid dienone is 3. The second kappa shape index (κ2) is 46.0. The number of esters is 2. The number of carbonyl (C=O) groups is 2. The molecule has 10 heteroatoms. The van der Waals surface area contributed by atoms with Crippen molar-refractivity contribution in [2.75, 3.05) is 26.4 Å². The van der Waals surface area contributed by atoms with E-state index in [0.29, 0.717) is 12.8 Å². The molecule has 0 aliphatic carbocycles. The second-order valence-corrected chi connectivity index (χ2v) is 18.2. The normalized spacial score (nSPS) is 13.1. The van der Waals surface area contributed by atoms with Crippen molar-refractivity contribution < 1.29 is 37.6 Å². The molecule has 0 saturated carbocycles. The van der Waals surface area contributed by atoms with Gasteiger partial charge in [0.05, 0.1) is 13.2 Å². The lowest BCUT2D eigenvalue weighted by Crippen LogP contribution is -2.29. The maximum atomic E-state index is 12.6. The standard InChI is InChI=1S/C49H94NO8P/c1-3-5-7-9-11-13-15-17-19-20-21-22-23-24-25-26-28-29-31-33-35-37-39-41-48(51)55-45-47(46-57-59(53,54)56-44-43-50)58-49(52)42-40-38-36-34-32-30-27-18-16-14-12-10-8-6-4-2/h4,33,35,47H,2-3,5-32,34,36-46,50H2,1H3,(H,53,54)/b35-33+/t47-/m0/s1. The minimum atomic E-state index is -4.38. The molecule has 3 N–H and O–H groups in total. The highest BCUT2D eigenvalue weighted by Crippen LogP contribution is 2.43. The first-order valence-electron chi connectivity index (χ1n) is 24.8. The lowest BCUT2D eigenvalue weighted by atomic mass is 10.0. The van der Waals surface area contributed by atoms with Crippen molar-refractivity contribution >= 4 is 19.8 Å². The van der Waals surface area contributed by atoms with Crippen LogP contribution in [0.2, 0.25) is 0 Å². The number of unbranched alkanes of at least 4 members (excludes halogenated alkanes) is 32. The fraction of sp³-hybridized carbons (Fsp3) is 0.878. The van der Waals surface area contributed by atoms with E-state index in [2.05, 4.69) is 25.7 Å². The maximum absolute atomic E-state index is 12.6. The highest BCUT2D eigenvalue weighted by atomic mass is 31.2. The molecule has 0 aliphatic heterocycles. The van der Waals surface area contributed by atoms with Crippen LogP contribution < -0.4 is 5.73 Å². The summed E-state index contributed by atoms with van der Waals surface area (Å²) < 4.78 is 32.8. The third-order valence-corrected chi connectivity index (χ3v) is 11.9. The summed E-state index contributed by atoms with van der Waals surface area (Å²) in [6, 6.07) is 0. The molecule has 0 heterocycles. The van der Waals surface area contributed by atoms with Crippen LogP contribution in [0.25, 0.3) is 0 Å². The maximum Gasteiger partial charge on any atom is 0.472 e. The molecule has 0 aromatic rings. The van der Waals surface area contributed by atoms with Gasteiger partial charge in [-0.05, 0) is 44.9 Å². The molecule has 0 spiro atoms. The van der Waals surface area contributed by atoms with Gasteiger partial charge in [0.15, 0.2) is 6.10 Å². The van der Waals surface area contributed by atoms with Crippen LogP contribution in [0.5, 0.6) is 0 Å². The Kier molecular flexibility index (Phi) is 44.8. The summed E-state index contributed by atoms with van der Waals surface area (Å²) in [5.74, 6) is -0.858. The van der Waals surface area contributed by atoms with Crippen LogP contribution in [-0.2, 0) is 32.7 Å². The molecule has 0 aromatic heterocycles. The van der Waals surface area contributed by atoms with E-state index in [1.165, 1.54) is 173 Å². The third kappa shape index (κ3) is 45.8. The van der Waals surface area contributed by atoms with Crippen molar-refractivity contribution in [3.05, 3.63) is 24.8 Å². The molecule has 59 heavy (non-hydrogen) atoms. The Morgan fingerprint density at radius 3 is 1.37 bits per heavy atom. The number of hydrogen-bond acceptors (Lipinski definition) is 8. The summed E-state index contributed by atoms with van der Waals surface area (Å²) in [6.45, 7) is 5.26. The molecule has 2 atom stereocenters. The van der Waals surface area contributed by atoms with Gasteiger partial charge in [0.1, 0.15) is 6.61 Å². The van der Waals surface area contributed by atoms with Gasteiger partial charge in [-0.3, -0.25) is 18.6 Å². The van der Waals surface area contributed by atoms with Crippen molar-refractivity contribution in [3.63, 3.8) is 0 Å². The van der Waals surface area contributed by atoms with E-state index in [0.717, 1.165) is 38.5 Å². The lowest BCUT2D eigenvalue weighted by Gasteiger charge is -2.19. The average molecular weight is 856 g/mol. The number of nitrogens with two attached hydrogens (primary N) is 1. The molecular weight excluding hydrogens is 762 g/mol. The number of phosphoric acid groups is 1. The Balaban J connectivity index is 4.02. The first-order chi connectivity index (χ1) is 28.8. The summed E-state index contributed by atoms with van der Waals surface area (Å²) in [7, 11) is -4.38. The van der Waals surface area contributed by atoms with Gasteiger partial charge >= 0.3 is 19.8 Å². The highest BCUT2D eigenvalue weighted by molar-refractivity contribution is 7.47. The molecule has 0 aromatic carbocycles. The number of hydrogen-bond donors (Lipinski definition) is 2. The lowest BCUT2D eigenvalue weighted by molar-refractivity contribution is -0.161. The summed E-state index contributed by atoms with van der Waals surface area (Å²) in [5.41, 5.74) is 5.36. The number of rotatable bonds is 48. The van der Waals surface area contributed by atoms with Gasteiger partial charge in [-0.15, -0.1) is 6.58 Å². The molecule has 0 aliphatic rings. The number of carbonyl (C=O) groups excluding carboxylic acids is 2. The zero-order valence-corrected chi connectivity index (χ0v) is 39.2. The molecule has 0 saturated heterocycles. The van der Waals surface area contributed by atoms with Gasteiger partial charge in [-0.2, -0.15) is 0 Å². The van der Waals surface area contributed by atoms with Crippen LogP contribution in [0, 0.1) is 0 Å². The minimum absolute atomic E-state index is 0.0513. The molecule has 0 rings (SSSR count). The quantitative estimate of drug-likeness (QED) is 0.0265. The van der Waals surface area contributed by atoms with E-state index in [1.807, 2.05) is 6.08 Å². The van der Waals surface area contributed by atoms with Crippen LogP contribution in [0.15, 0.2) is 24.8 Å². The molecule has 0 amide bonds. The zero-order chi connectivity index (χ0) is 43.2. The van der Waals surface area contributed by atoms with E-state index < -0.39 is 32.5 Å². The topological polar surface area (TPSA) is 134 Å². The summed E-state index contributed by atoms with van der Waals surface area (Å²) in [5, 5.41) is 0. The van der Waals surface area contributed by atoms with Gasteiger partial charge < -0.3 is 20.1 Å². The van der Waals surface area contributed by atoms with Crippen molar-refractivity contribution in [1.29, 1.82) is 0 Å². The monoisotopic (exact) mass is 856 g/mol. The van der Waals surface area contributed by atoms with Gasteiger partial charge in [-0.1, -0.05) is 205 Å². The van der Waals surface area contributed by atoms with Crippen LogP contribution in [-0.4, -0.2) is 49.3 Å². The predicted octanol–water partition coefficient (Wildman–Crippen LogP) is 14.7. The van der Waals surface area contributed by atoms with Gasteiger partial charge in [0.25, 0.3) is 0 Å². The zero-order valence-electron chi connectivity index (χ0n) is 38.3. The van der Waals surface area contributed by atoms with Crippen molar-refractivity contribution in [2.24, 2.45) is 5.73 Å². The molecule has 0 fully saturated rings. The first-order valence-corrected chi connectivity index (χ1v) is 26.3. The van der Waals surface area contributed by atoms with Crippen LogP contribution in [0.1, 0.15) is 244 Å². The van der Waals surface area contributed by atoms with Crippen molar-refractivity contribution in [2.45, 2.75) is 251 Å². The van der Waals surface area contributed by atoms with Gasteiger partial charge in [0, 0.05) is 19.4 Å².